The largest absolute Gasteiger partial charge is 0.466 e. The van der Waals surface area contributed by atoms with Gasteiger partial charge in [0.2, 0.25) is 0 Å². The minimum Gasteiger partial charge on any atom is -0.466 e. The predicted octanol–water partition coefficient (Wildman–Crippen LogP) is 1.11. The van der Waals surface area contributed by atoms with Crippen molar-refractivity contribution in [1.29, 1.82) is 0 Å². The molecular formula is C9H15NO4. The first-order valence-corrected chi connectivity index (χ1v) is 4.19. The highest BCUT2D eigenvalue weighted by molar-refractivity contribution is 5.87. The number of carbonyl (C=O) groups is 2. The van der Waals surface area contributed by atoms with E-state index in [4.69, 9.17) is 5.11 Å². The van der Waals surface area contributed by atoms with Crippen LogP contribution in [0.15, 0.2) is 12.2 Å². The predicted molar refractivity (Wildman–Crippen MR) is 51.0 cm³/mol. The van der Waals surface area contributed by atoms with Crippen molar-refractivity contribution in [3.05, 3.63) is 12.2 Å². The van der Waals surface area contributed by atoms with Gasteiger partial charge in [-0.2, -0.15) is 0 Å². The van der Waals surface area contributed by atoms with E-state index in [1.165, 1.54) is 14.2 Å². The summed E-state index contributed by atoms with van der Waals surface area (Å²) in [5.74, 6) is -0.442. The number of amides is 1. The van der Waals surface area contributed by atoms with Crippen LogP contribution in [0.25, 0.3) is 0 Å². The molecule has 0 aromatic rings. The zero-order chi connectivity index (χ0) is 11.1. The molecule has 0 saturated heterocycles. The van der Waals surface area contributed by atoms with E-state index in [2.05, 4.69) is 11.3 Å². The molecule has 0 unspecified atom stereocenters. The summed E-state index contributed by atoms with van der Waals surface area (Å²) < 4.78 is 4.45. The molecule has 80 valence electrons. The lowest BCUT2D eigenvalue weighted by molar-refractivity contribution is -0.136. The first kappa shape index (κ1) is 12.5. The van der Waals surface area contributed by atoms with Gasteiger partial charge in [0.25, 0.3) is 0 Å². The van der Waals surface area contributed by atoms with Crippen LogP contribution < -0.4 is 0 Å². The third-order valence-electron chi connectivity index (χ3n) is 1.77. The van der Waals surface area contributed by atoms with E-state index in [0.717, 1.165) is 4.90 Å². The van der Waals surface area contributed by atoms with E-state index in [9.17, 15) is 9.59 Å². The molecule has 0 rings (SSSR count). The zero-order valence-corrected chi connectivity index (χ0v) is 8.45. The summed E-state index contributed by atoms with van der Waals surface area (Å²) in [7, 11) is 2.76. The van der Waals surface area contributed by atoms with E-state index >= 15 is 0 Å². The van der Waals surface area contributed by atoms with Gasteiger partial charge < -0.3 is 14.7 Å². The van der Waals surface area contributed by atoms with Crippen LogP contribution in [-0.4, -0.2) is 42.8 Å². The molecule has 14 heavy (non-hydrogen) atoms. The molecule has 0 aliphatic heterocycles. The number of hydrogen-bond acceptors (Lipinski definition) is 3. The normalized spacial score (nSPS) is 9.29. The van der Waals surface area contributed by atoms with Crippen molar-refractivity contribution in [1.82, 2.24) is 4.90 Å². The third-order valence-corrected chi connectivity index (χ3v) is 1.77. The summed E-state index contributed by atoms with van der Waals surface area (Å²) in [6.45, 7) is 3.91. The Hall–Kier alpha value is -1.52. The van der Waals surface area contributed by atoms with Gasteiger partial charge >= 0.3 is 12.1 Å². The number of hydrogen-bond donors (Lipinski definition) is 1. The summed E-state index contributed by atoms with van der Waals surface area (Å²) in [6, 6.07) is 0. The number of nitrogens with zero attached hydrogens (tertiary/aromatic N) is 1. The average Bonchev–Trinajstić information content (AvgIpc) is 2.15. The summed E-state index contributed by atoms with van der Waals surface area (Å²) in [4.78, 5) is 22.4. The minimum absolute atomic E-state index is 0.367. The Labute approximate surface area is 83.0 Å². The van der Waals surface area contributed by atoms with Crippen molar-refractivity contribution in [3.8, 4) is 0 Å². The van der Waals surface area contributed by atoms with Crippen LogP contribution in [0, 0.1) is 0 Å². The molecule has 0 spiro atoms. The summed E-state index contributed by atoms with van der Waals surface area (Å²) in [5, 5.41) is 8.51. The van der Waals surface area contributed by atoms with Crippen LogP contribution in [-0.2, 0) is 9.53 Å². The second kappa shape index (κ2) is 6.01. The maximum atomic E-state index is 10.9. The van der Waals surface area contributed by atoms with Crippen molar-refractivity contribution in [2.75, 3.05) is 20.7 Å². The van der Waals surface area contributed by atoms with Gasteiger partial charge in [-0.05, 0) is 12.8 Å². The molecule has 0 fully saturated rings. The van der Waals surface area contributed by atoms with Crippen molar-refractivity contribution < 1.29 is 19.4 Å². The van der Waals surface area contributed by atoms with E-state index in [1.54, 1.807) is 0 Å². The first-order chi connectivity index (χ1) is 6.49. The number of ether oxygens (including phenoxy) is 1. The molecular weight excluding hydrogens is 186 g/mol. The Morgan fingerprint density at radius 3 is 2.50 bits per heavy atom. The molecule has 0 bridgehead atoms. The Balaban J connectivity index is 3.69. The number of methoxy groups -OCH3 is 1. The van der Waals surface area contributed by atoms with Gasteiger partial charge in [-0.25, -0.2) is 9.59 Å². The van der Waals surface area contributed by atoms with Gasteiger partial charge in [0.15, 0.2) is 0 Å². The lowest BCUT2D eigenvalue weighted by atomic mass is 10.1. The van der Waals surface area contributed by atoms with Crippen molar-refractivity contribution >= 4 is 12.1 Å². The van der Waals surface area contributed by atoms with Crippen molar-refractivity contribution in [2.24, 2.45) is 0 Å². The fourth-order valence-electron chi connectivity index (χ4n) is 0.872. The van der Waals surface area contributed by atoms with Crippen LogP contribution in [0.5, 0.6) is 0 Å². The molecule has 0 saturated carbocycles. The standard InChI is InChI=1S/C9H15NO4/c1-7(8(11)14-3)5-4-6-10(2)9(12)13/h1,4-6H2,2-3H3,(H,12,13). The molecule has 0 aromatic heterocycles. The topological polar surface area (TPSA) is 66.8 Å². The maximum absolute atomic E-state index is 10.9. The summed E-state index contributed by atoms with van der Waals surface area (Å²) in [6.07, 6.45) is 0.0368. The van der Waals surface area contributed by atoms with Crippen LogP contribution in [0.2, 0.25) is 0 Å². The van der Waals surface area contributed by atoms with Gasteiger partial charge in [0.05, 0.1) is 7.11 Å². The maximum Gasteiger partial charge on any atom is 0.407 e. The SMILES string of the molecule is C=C(CCCN(C)C(=O)O)C(=O)OC. The number of esters is 1. The Morgan fingerprint density at radius 1 is 1.50 bits per heavy atom. The number of rotatable bonds is 5. The minimum atomic E-state index is -0.978. The van der Waals surface area contributed by atoms with E-state index in [0.29, 0.717) is 25.0 Å². The van der Waals surface area contributed by atoms with Gasteiger partial charge in [-0.1, -0.05) is 6.58 Å². The Kier molecular flexibility index (Phi) is 5.36. The first-order valence-electron chi connectivity index (χ1n) is 4.19. The quantitative estimate of drug-likeness (QED) is 0.534. The second-order valence-electron chi connectivity index (χ2n) is 2.90. The lowest BCUT2D eigenvalue weighted by Gasteiger charge is -2.12. The molecule has 5 heteroatoms. The van der Waals surface area contributed by atoms with Crippen molar-refractivity contribution in [2.45, 2.75) is 12.8 Å². The molecule has 0 heterocycles. The van der Waals surface area contributed by atoms with Crippen LogP contribution in [0.1, 0.15) is 12.8 Å². The summed E-state index contributed by atoms with van der Waals surface area (Å²) >= 11 is 0. The highest BCUT2D eigenvalue weighted by Gasteiger charge is 2.08. The van der Waals surface area contributed by atoms with Crippen molar-refractivity contribution in [3.63, 3.8) is 0 Å². The smallest absolute Gasteiger partial charge is 0.407 e. The van der Waals surface area contributed by atoms with E-state index in [-0.39, 0.29) is 0 Å². The van der Waals surface area contributed by atoms with Gasteiger partial charge in [0, 0.05) is 19.2 Å². The molecule has 1 N–H and O–H groups in total. The lowest BCUT2D eigenvalue weighted by Crippen LogP contribution is -2.25. The van der Waals surface area contributed by atoms with Crippen LogP contribution >= 0.6 is 0 Å². The van der Waals surface area contributed by atoms with Gasteiger partial charge in [0.1, 0.15) is 0 Å². The number of carbonyl (C=O) groups excluding carboxylic acids is 1. The van der Waals surface area contributed by atoms with Gasteiger partial charge in [-0.3, -0.25) is 0 Å². The second-order valence-corrected chi connectivity index (χ2v) is 2.90. The molecule has 0 radical (unpaired) electrons. The Bertz CT molecular complexity index is 237. The molecule has 0 aromatic carbocycles. The zero-order valence-electron chi connectivity index (χ0n) is 8.45. The molecule has 1 amide bonds. The van der Waals surface area contributed by atoms with E-state index in [1.807, 2.05) is 0 Å². The molecule has 5 nitrogen and oxygen atoms in total. The molecule has 0 aliphatic carbocycles. The van der Waals surface area contributed by atoms with E-state index < -0.39 is 12.1 Å². The highest BCUT2D eigenvalue weighted by atomic mass is 16.5. The average molecular weight is 201 g/mol. The van der Waals surface area contributed by atoms with Crippen LogP contribution in [0.3, 0.4) is 0 Å². The highest BCUT2D eigenvalue weighted by Crippen LogP contribution is 2.04. The van der Waals surface area contributed by atoms with Crippen LogP contribution in [0.4, 0.5) is 4.79 Å². The monoisotopic (exact) mass is 201 g/mol. The van der Waals surface area contributed by atoms with Gasteiger partial charge in [-0.15, -0.1) is 0 Å². The molecule has 0 aliphatic rings. The fraction of sp³-hybridized carbons (Fsp3) is 0.556. The number of carboxylic acid groups (broad SMARTS) is 1. The fourth-order valence-corrected chi connectivity index (χ4v) is 0.872. The molecule has 0 atom stereocenters. The third kappa shape index (κ3) is 4.49. The summed E-state index contributed by atoms with van der Waals surface area (Å²) in [5.41, 5.74) is 0.367. The Morgan fingerprint density at radius 2 is 2.07 bits per heavy atom.